The summed E-state index contributed by atoms with van der Waals surface area (Å²) in [6.45, 7) is 5.42. The van der Waals surface area contributed by atoms with Gasteiger partial charge < -0.3 is 14.4 Å². The molecule has 21 heavy (non-hydrogen) atoms. The topological polar surface area (TPSA) is 55.8 Å². The van der Waals surface area contributed by atoms with E-state index in [2.05, 4.69) is 6.58 Å². The van der Waals surface area contributed by atoms with E-state index in [0.29, 0.717) is 10.9 Å². The normalized spacial score (nSPS) is 11.8. The van der Waals surface area contributed by atoms with Gasteiger partial charge in [-0.15, -0.1) is 17.9 Å². The van der Waals surface area contributed by atoms with Gasteiger partial charge in [0.2, 0.25) is 0 Å². The van der Waals surface area contributed by atoms with Gasteiger partial charge in [-0.2, -0.15) is 0 Å². The summed E-state index contributed by atoms with van der Waals surface area (Å²) in [6.07, 6.45) is 0.812. The summed E-state index contributed by atoms with van der Waals surface area (Å²) in [6, 6.07) is 3.63. The van der Waals surface area contributed by atoms with Gasteiger partial charge in [0.15, 0.2) is 12.7 Å². The van der Waals surface area contributed by atoms with Gasteiger partial charge >= 0.3 is 5.97 Å². The van der Waals surface area contributed by atoms with E-state index in [4.69, 9.17) is 21.1 Å². The molecule has 0 aromatic carbocycles. The minimum atomic E-state index is -0.725. The first-order valence-electron chi connectivity index (χ1n) is 6.31. The van der Waals surface area contributed by atoms with Crippen LogP contribution in [-0.2, 0) is 25.6 Å². The van der Waals surface area contributed by atoms with Crippen molar-refractivity contribution in [2.24, 2.45) is 0 Å². The number of hydrogen-bond donors (Lipinski definition) is 0. The zero-order valence-corrected chi connectivity index (χ0v) is 13.6. The van der Waals surface area contributed by atoms with Crippen LogP contribution in [0.3, 0.4) is 0 Å². The number of amides is 1. The Morgan fingerprint density at radius 3 is 2.81 bits per heavy atom. The minimum Gasteiger partial charge on any atom is -0.454 e. The van der Waals surface area contributed by atoms with E-state index in [0.717, 1.165) is 4.88 Å². The van der Waals surface area contributed by atoms with Crippen LogP contribution < -0.4 is 0 Å². The largest absolute Gasteiger partial charge is 0.454 e. The van der Waals surface area contributed by atoms with E-state index in [1.165, 1.54) is 22.3 Å². The highest BCUT2D eigenvalue weighted by atomic mass is 35.5. The second kappa shape index (κ2) is 8.81. The molecule has 0 bridgehead atoms. The van der Waals surface area contributed by atoms with Crippen molar-refractivity contribution in [1.82, 2.24) is 4.90 Å². The quantitative estimate of drug-likeness (QED) is 0.542. The molecule has 0 radical (unpaired) electrons. The lowest BCUT2D eigenvalue weighted by molar-refractivity contribution is -0.160. The fourth-order valence-corrected chi connectivity index (χ4v) is 2.54. The Hall–Kier alpha value is -1.37. The molecule has 1 unspecified atom stereocenters. The third-order valence-electron chi connectivity index (χ3n) is 2.58. The molecule has 0 fully saturated rings. The first-order chi connectivity index (χ1) is 9.93. The predicted molar refractivity (Wildman–Crippen MR) is 82.4 cm³/mol. The van der Waals surface area contributed by atoms with E-state index < -0.39 is 12.1 Å². The Morgan fingerprint density at radius 1 is 1.52 bits per heavy atom. The fraction of sp³-hybridized carbons (Fsp3) is 0.429. The van der Waals surface area contributed by atoms with Gasteiger partial charge in [0.05, 0.1) is 17.5 Å². The lowest BCUT2D eigenvalue weighted by Crippen LogP contribution is -2.33. The van der Waals surface area contributed by atoms with Crippen LogP contribution in [0.5, 0.6) is 0 Å². The Morgan fingerprint density at radius 2 is 2.24 bits per heavy atom. The average molecular weight is 332 g/mol. The second-order valence-electron chi connectivity index (χ2n) is 4.33. The summed E-state index contributed by atoms with van der Waals surface area (Å²) in [4.78, 5) is 25.9. The summed E-state index contributed by atoms with van der Waals surface area (Å²) in [7, 11) is 1.64. The zero-order valence-electron chi connectivity index (χ0n) is 12.0. The van der Waals surface area contributed by atoms with Gasteiger partial charge in [-0.25, -0.2) is 4.79 Å². The summed E-state index contributed by atoms with van der Waals surface area (Å²) < 4.78 is 10.7. The van der Waals surface area contributed by atoms with Crippen LogP contribution in [0, 0.1) is 0 Å². The number of thiophene rings is 1. The molecule has 7 heteroatoms. The van der Waals surface area contributed by atoms with E-state index in [9.17, 15) is 9.59 Å². The maximum absolute atomic E-state index is 11.9. The molecule has 1 aromatic heterocycles. The van der Waals surface area contributed by atoms with Crippen LogP contribution in [0.1, 0.15) is 11.8 Å². The maximum Gasteiger partial charge on any atom is 0.335 e. The molecular weight excluding hydrogens is 314 g/mol. The third-order valence-corrected chi connectivity index (χ3v) is 3.80. The van der Waals surface area contributed by atoms with E-state index in [-0.39, 0.29) is 19.1 Å². The number of halogens is 1. The van der Waals surface area contributed by atoms with Crippen molar-refractivity contribution in [2.45, 2.75) is 19.6 Å². The molecule has 0 spiro atoms. The lowest BCUT2D eigenvalue weighted by Gasteiger charge is -2.17. The molecule has 5 nitrogen and oxygen atoms in total. The monoisotopic (exact) mass is 331 g/mol. The molecule has 0 N–H and O–H groups in total. The van der Waals surface area contributed by atoms with E-state index >= 15 is 0 Å². The first kappa shape index (κ1) is 17.7. The molecule has 116 valence electrons. The summed E-state index contributed by atoms with van der Waals surface area (Å²) in [5, 5.41) is 0. The summed E-state index contributed by atoms with van der Waals surface area (Å²) in [5.74, 6) is -0.860. The number of rotatable bonds is 8. The van der Waals surface area contributed by atoms with Gasteiger partial charge in [-0.05, 0) is 19.1 Å². The molecule has 1 amide bonds. The molecule has 0 aliphatic heterocycles. The van der Waals surface area contributed by atoms with Crippen molar-refractivity contribution in [3.63, 3.8) is 0 Å². The lowest BCUT2D eigenvalue weighted by atomic mass is 10.4. The molecular formula is C14H18ClNO4S. The number of ether oxygens (including phenoxy) is 2. The first-order valence-corrected chi connectivity index (χ1v) is 7.50. The van der Waals surface area contributed by atoms with Crippen molar-refractivity contribution in [2.75, 3.05) is 20.3 Å². The van der Waals surface area contributed by atoms with Crippen molar-refractivity contribution in [3.05, 3.63) is 34.0 Å². The maximum atomic E-state index is 11.9. The molecule has 1 rings (SSSR count). The minimum absolute atomic E-state index is 0.253. The van der Waals surface area contributed by atoms with Crippen molar-refractivity contribution in [3.8, 4) is 0 Å². The summed E-state index contributed by atoms with van der Waals surface area (Å²) >= 11 is 7.23. The predicted octanol–water partition coefficient (Wildman–Crippen LogP) is 2.49. The Labute approximate surface area is 133 Å². The van der Waals surface area contributed by atoms with E-state index in [1.54, 1.807) is 20.0 Å². The average Bonchev–Trinajstić information content (AvgIpc) is 2.86. The van der Waals surface area contributed by atoms with Crippen LogP contribution >= 0.6 is 22.9 Å². The molecule has 1 aromatic rings. The highest BCUT2D eigenvalue weighted by Gasteiger charge is 2.18. The number of likely N-dealkylation sites (N-methyl/N-ethyl adjacent to an activating group) is 1. The molecule has 0 saturated carbocycles. The number of esters is 1. The number of carbonyl (C=O) groups is 2. The highest BCUT2D eigenvalue weighted by molar-refractivity contribution is 7.16. The van der Waals surface area contributed by atoms with Crippen LogP contribution in [0.25, 0.3) is 0 Å². The second-order valence-corrected chi connectivity index (χ2v) is 6.13. The molecule has 0 aliphatic rings. The van der Waals surface area contributed by atoms with Crippen molar-refractivity contribution >= 4 is 34.8 Å². The van der Waals surface area contributed by atoms with Gasteiger partial charge in [0, 0.05) is 11.9 Å². The Kier molecular flexibility index (Phi) is 7.42. The van der Waals surface area contributed by atoms with Crippen LogP contribution in [0.2, 0.25) is 4.34 Å². The molecule has 0 saturated heterocycles. The highest BCUT2D eigenvalue weighted by Crippen LogP contribution is 2.22. The molecule has 1 heterocycles. The third kappa shape index (κ3) is 6.29. The Balaban J connectivity index is 2.35. The van der Waals surface area contributed by atoms with Crippen LogP contribution in [0.15, 0.2) is 24.8 Å². The fourth-order valence-electron chi connectivity index (χ4n) is 1.40. The zero-order chi connectivity index (χ0) is 15.8. The van der Waals surface area contributed by atoms with Gasteiger partial charge in [-0.1, -0.05) is 17.7 Å². The smallest absolute Gasteiger partial charge is 0.335 e. The van der Waals surface area contributed by atoms with Crippen molar-refractivity contribution in [1.29, 1.82) is 0 Å². The number of hydrogen-bond acceptors (Lipinski definition) is 5. The Bertz CT molecular complexity index is 503. The van der Waals surface area contributed by atoms with Crippen LogP contribution in [-0.4, -0.2) is 43.1 Å². The standard InChI is InChI=1S/C14H18ClNO4S/c1-4-7-19-10(2)14(18)20-9-13(17)16(3)8-11-5-6-12(15)21-11/h4-6,10H,1,7-9H2,2-3H3. The number of nitrogens with zero attached hydrogens (tertiary/aromatic N) is 1. The van der Waals surface area contributed by atoms with Gasteiger partial charge in [-0.3, -0.25) is 4.79 Å². The van der Waals surface area contributed by atoms with Crippen molar-refractivity contribution < 1.29 is 19.1 Å². The number of carbonyl (C=O) groups excluding carboxylic acids is 2. The van der Waals surface area contributed by atoms with Crippen LogP contribution in [0.4, 0.5) is 0 Å². The van der Waals surface area contributed by atoms with Gasteiger partial charge in [0.1, 0.15) is 0 Å². The molecule has 1 atom stereocenters. The SMILES string of the molecule is C=CCOC(C)C(=O)OCC(=O)N(C)Cc1ccc(Cl)s1. The molecule has 0 aliphatic carbocycles. The summed E-state index contributed by atoms with van der Waals surface area (Å²) in [5.41, 5.74) is 0. The van der Waals surface area contributed by atoms with Gasteiger partial charge in [0.25, 0.3) is 5.91 Å². The van der Waals surface area contributed by atoms with E-state index in [1.807, 2.05) is 6.07 Å².